The summed E-state index contributed by atoms with van der Waals surface area (Å²) in [5.41, 5.74) is 0. The van der Waals surface area contributed by atoms with Gasteiger partial charge in [-0.2, -0.15) is 0 Å². The first-order chi connectivity index (χ1) is 8.58. The fourth-order valence-electron chi connectivity index (χ4n) is 2.88. The monoisotopic (exact) mass is 254 g/mol. The minimum atomic E-state index is 0.631. The van der Waals surface area contributed by atoms with Crippen LogP contribution in [0.4, 0.5) is 0 Å². The Labute approximate surface area is 115 Å². The lowest BCUT2D eigenvalue weighted by Gasteiger charge is -2.18. The maximum atomic E-state index is 3.65. The summed E-state index contributed by atoms with van der Waals surface area (Å²) in [6.07, 6.45) is 8.42. The van der Waals surface area contributed by atoms with E-state index in [1.54, 1.807) is 0 Å². The standard InChI is InChI=1S/C16H34N2/c1-14(2)9-7-5-6-8-11-18-12-10-16(13-18)17-15(3)4/h14-17H,5-13H2,1-4H3/t16-/m1/s1. The van der Waals surface area contributed by atoms with Crippen LogP contribution in [-0.2, 0) is 0 Å². The van der Waals surface area contributed by atoms with Gasteiger partial charge < -0.3 is 10.2 Å². The van der Waals surface area contributed by atoms with Crippen LogP contribution in [0.2, 0.25) is 0 Å². The average Bonchev–Trinajstić information content (AvgIpc) is 2.69. The van der Waals surface area contributed by atoms with Crippen molar-refractivity contribution in [1.29, 1.82) is 0 Å². The molecule has 1 heterocycles. The van der Waals surface area contributed by atoms with Gasteiger partial charge in [-0.15, -0.1) is 0 Å². The maximum Gasteiger partial charge on any atom is 0.0209 e. The van der Waals surface area contributed by atoms with E-state index in [9.17, 15) is 0 Å². The van der Waals surface area contributed by atoms with Crippen molar-refractivity contribution in [1.82, 2.24) is 10.2 Å². The van der Waals surface area contributed by atoms with E-state index in [0.29, 0.717) is 6.04 Å². The summed E-state index contributed by atoms with van der Waals surface area (Å²) in [5.74, 6) is 0.881. The smallest absolute Gasteiger partial charge is 0.0209 e. The Morgan fingerprint density at radius 1 is 1.06 bits per heavy atom. The van der Waals surface area contributed by atoms with Gasteiger partial charge in [-0.05, 0) is 31.8 Å². The molecule has 0 spiro atoms. The van der Waals surface area contributed by atoms with Crippen molar-refractivity contribution < 1.29 is 0 Å². The Bertz CT molecular complexity index is 201. The number of nitrogens with one attached hydrogen (secondary N) is 1. The van der Waals surface area contributed by atoms with Gasteiger partial charge in [0.25, 0.3) is 0 Å². The second kappa shape index (κ2) is 8.92. The van der Waals surface area contributed by atoms with E-state index in [2.05, 4.69) is 37.9 Å². The van der Waals surface area contributed by atoms with E-state index in [-0.39, 0.29) is 0 Å². The van der Waals surface area contributed by atoms with Gasteiger partial charge in [0.2, 0.25) is 0 Å². The van der Waals surface area contributed by atoms with Crippen LogP contribution in [0, 0.1) is 5.92 Å². The molecule has 0 aromatic carbocycles. The summed E-state index contributed by atoms with van der Waals surface area (Å²) in [7, 11) is 0. The van der Waals surface area contributed by atoms with Gasteiger partial charge >= 0.3 is 0 Å². The third-order valence-corrected chi connectivity index (χ3v) is 3.85. The van der Waals surface area contributed by atoms with Crippen molar-refractivity contribution in [3.05, 3.63) is 0 Å². The summed E-state index contributed by atoms with van der Waals surface area (Å²) in [6.45, 7) is 13.0. The summed E-state index contributed by atoms with van der Waals surface area (Å²) >= 11 is 0. The molecular formula is C16H34N2. The zero-order chi connectivity index (χ0) is 13.4. The number of hydrogen-bond acceptors (Lipinski definition) is 2. The number of hydrogen-bond donors (Lipinski definition) is 1. The van der Waals surface area contributed by atoms with Crippen molar-refractivity contribution >= 4 is 0 Å². The molecule has 2 heteroatoms. The quantitative estimate of drug-likeness (QED) is 0.632. The summed E-state index contributed by atoms with van der Waals surface area (Å²) in [6, 6.07) is 1.37. The fourth-order valence-corrected chi connectivity index (χ4v) is 2.88. The van der Waals surface area contributed by atoms with E-state index < -0.39 is 0 Å². The largest absolute Gasteiger partial charge is 0.310 e. The van der Waals surface area contributed by atoms with Crippen LogP contribution in [0.3, 0.4) is 0 Å². The number of rotatable bonds is 9. The van der Waals surface area contributed by atoms with Crippen molar-refractivity contribution in [3.63, 3.8) is 0 Å². The molecule has 1 saturated heterocycles. The van der Waals surface area contributed by atoms with Crippen LogP contribution in [0.5, 0.6) is 0 Å². The number of likely N-dealkylation sites (tertiary alicyclic amines) is 1. The van der Waals surface area contributed by atoms with Crippen LogP contribution in [-0.4, -0.2) is 36.6 Å². The van der Waals surface area contributed by atoms with Gasteiger partial charge in [0.05, 0.1) is 0 Å². The Morgan fingerprint density at radius 3 is 2.44 bits per heavy atom. The SMILES string of the molecule is CC(C)CCCCCCN1CC[C@@H](NC(C)C)C1. The fraction of sp³-hybridized carbons (Fsp3) is 1.00. The van der Waals surface area contributed by atoms with Gasteiger partial charge in [-0.3, -0.25) is 0 Å². The van der Waals surface area contributed by atoms with E-state index in [1.807, 2.05) is 0 Å². The van der Waals surface area contributed by atoms with Crippen molar-refractivity contribution in [2.75, 3.05) is 19.6 Å². The third kappa shape index (κ3) is 7.38. The van der Waals surface area contributed by atoms with E-state index >= 15 is 0 Å². The lowest BCUT2D eigenvalue weighted by molar-refractivity contribution is 0.314. The zero-order valence-electron chi connectivity index (χ0n) is 13.0. The van der Waals surface area contributed by atoms with Gasteiger partial charge in [0.15, 0.2) is 0 Å². The summed E-state index contributed by atoms with van der Waals surface area (Å²) in [4.78, 5) is 2.64. The van der Waals surface area contributed by atoms with Crippen molar-refractivity contribution in [2.45, 2.75) is 78.3 Å². The van der Waals surface area contributed by atoms with Crippen LogP contribution < -0.4 is 5.32 Å². The molecule has 1 N–H and O–H groups in total. The molecule has 0 radical (unpaired) electrons. The highest BCUT2D eigenvalue weighted by molar-refractivity contribution is 4.81. The molecule has 1 rings (SSSR count). The molecule has 0 unspecified atom stereocenters. The molecule has 0 bridgehead atoms. The molecule has 0 amide bonds. The second-order valence-corrected chi connectivity index (χ2v) is 6.70. The Hall–Kier alpha value is -0.0800. The molecule has 2 nitrogen and oxygen atoms in total. The molecular weight excluding hydrogens is 220 g/mol. The minimum Gasteiger partial charge on any atom is -0.310 e. The van der Waals surface area contributed by atoms with Crippen LogP contribution in [0.1, 0.15) is 66.2 Å². The second-order valence-electron chi connectivity index (χ2n) is 6.70. The molecule has 108 valence electrons. The maximum absolute atomic E-state index is 3.65. The highest BCUT2D eigenvalue weighted by Gasteiger charge is 2.21. The molecule has 1 aliphatic rings. The molecule has 18 heavy (non-hydrogen) atoms. The Morgan fingerprint density at radius 2 is 1.78 bits per heavy atom. The number of unbranched alkanes of at least 4 members (excludes halogenated alkanes) is 3. The predicted octanol–water partition coefficient (Wildman–Crippen LogP) is 3.67. The van der Waals surface area contributed by atoms with E-state index in [4.69, 9.17) is 0 Å². The first-order valence-electron chi connectivity index (χ1n) is 8.06. The van der Waals surface area contributed by atoms with Crippen LogP contribution in [0.25, 0.3) is 0 Å². The van der Waals surface area contributed by atoms with E-state index in [0.717, 1.165) is 12.0 Å². The third-order valence-electron chi connectivity index (χ3n) is 3.85. The molecule has 1 atom stereocenters. The van der Waals surface area contributed by atoms with Gasteiger partial charge in [0, 0.05) is 18.6 Å². The Kier molecular flexibility index (Phi) is 7.92. The summed E-state index contributed by atoms with van der Waals surface area (Å²) < 4.78 is 0. The molecule has 0 aromatic rings. The first kappa shape index (κ1) is 16.0. The topological polar surface area (TPSA) is 15.3 Å². The highest BCUT2D eigenvalue weighted by Crippen LogP contribution is 2.13. The van der Waals surface area contributed by atoms with Gasteiger partial charge in [-0.25, -0.2) is 0 Å². The Balaban J connectivity index is 1.94. The molecule has 0 saturated carbocycles. The highest BCUT2D eigenvalue weighted by atomic mass is 15.2. The van der Waals surface area contributed by atoms with E-state index in [1.165, 1.54) is 58.2 Å². The molecule has 0 aromatic heterocycles. The van der Waals surface area contributed by atoms with Crippen molar-refractivity contribution in [3.8, 4) is 0 Å². The normalized spacial score (nSPS) is 21.3. The zero-order valence-corrected chi connectivity index (χ0v) is 13.0. The van der Waals surface area contributed by atoms with Crippen LogP contribution in [0.15, 0.2) is 0 Å². The lowest BCUT2D eigenvalue weighted by atomic mass is 10.0. The average molecular weight is 254 g/mol. The number of nitrogens with zero attached hydrogens (tertiary/aromatic N) is 1. The molecule has 1 fully saturated rings. The minimum absolute atomic E-state index is 0.631. The summed E-state index contributed by atoms with van der Waals surface area (Å²) in [5, 5.41) is 3.65. The van der Waals surface area contributed by atoms with Gasteiger partial charge in [-0.1, -0.05) is 53.4 Å². The van der Waals surface area contributed by atoms with Crippen molar-refractivity contribution in [2.24, 2.45) is 5.92 Å². The first-order valence-corrected chi connectivity index (χ1v) is 8.06. The van der Waals surface area contributed by atoms with Gasteiger partial charge in [0.1, 0.15) is 0 Å². The molecule has 0 aliphatic carbocycles. The predicted molar refractivity (Wildman–Crippen MR) is 81.0 cm³/mol. The van der Waals surface area contributed by atoms with Crippen LogP contribution >= 0.6 is 0 Å². The molecule has 1 aliphatic heterocycles. The lowest BCUT2D eigenvalue weighted by Crippen LogP contribution is -2.37.